The van der Waals surface area contributed by atoms with Crippen molar-refractivity contribution in [3.8, 4) is 0 Å². The molecular weight excluding hydrogens is 174 g/mol. The Morgan fingerprint density at radius 2 is 1.29 bits per heavy atom. The van der Waals surface area contributed by atoms with Crippen LogP contribution in [-0.2, 0) is 9.31 Å². The fraction of sp³-hybridized carbons (Fsp3) is 1.00. The molecule has 0 aromatic heterocycles. The Hall–Kier alpha value is 0.0499. The molecule has 0 aliphatic heterocycles. The van der Waals surface area contributed by atoms with E-state index in [4.69, 9.17) is 8.05 Å². The minimum atomic E-state index is 0.716. The van der Waals surface area contributed by atoms with Gasteiger partial charge in [-0.2, -0.15) is 0 Å². The Balaban J connectivity index is 0. The van der Waals surface area contributed by atoms with E-state index in [0.29, 0.717) is 6.61 Å². The largest absolute Gasteiger partial charge is 0.450 e. The van der Waals surface area contributed by atoms with Crippen molar-refractivity contribution in [1.82, 2.24) is 0 Å². The zero-order valence-corrected chi connectivity index (χ0v) is 9.63. The van der Waals surface area contributed by atoms with Crippen LogP contribution in [0.1, 0.15) is 51.9 Å². The van der Waals surface area contributed by atoms with Crippen LogP contribution in [0.3, 0.4) is 0 Å². The predicted molar refractivity (Wildman–Crippen MR) is 62.5 cm³/mol. The van der Waals surface area contributed by atoms with E-state index in [0.717, 1.165) is 6.42 Å². The van der Waals surface area contributed by atoms with Gasteiger partial charge in [0, 0.05) is 13.7 Å². The molecule has 0 saturated carbocycles. The van der Waals surface area contributed by atoms with E-state index >= 15 is 0 Å². The zero-order valence-electron chi connectivity index (χ0n) is 9.63. The Morgan fingerprint density at radius 3 is 1.71 bits per heavy atom. The van der Waals surface area contributed by atoms with Gasteiger partial charge in [-0.05, 0) is 6.42 Å². The first-order valence-corrected chi connectivity index (χ1v) is 5.38. The maximum absolute atomic E-state index is 4.89. The number of hydrogen-bond donors (Lipinski definition) is 0. The van der Waals surface area contributed by atoms with Crippen molar-refractivity contribution in [2.45, 2.75) is 51.9 Å². The van der Waals surface area contributed by atoms with Crippen LogP contribution in [-0.4, -0.2) is 29.8 Å². The first-order chi connectivity index (χ1) is 6.83. The van der Waals surface area contributed by atoms with Crippen LogP contribution in [0.2, 0.25) is 0 Å². The number of rotatable bonds is 8. The fourth-order valence-corrected chi connectivity index (χ4v) is 1.14. The standard InChI is InChI=1S/C9H19BO.CH3BO/c1-2-3-4-5-6-7-8-9-11-10;1-3-2/h2-9H2,1H3;1H3. The van der Waals surface area contributed by atoms with Gasteiger partial charge >= 0.3 is 0 Å². The SMILES string of the molecule is [B]OC.[B]OCCCCCCCCC. The molecule has 14 heavy (non-hydrogen) atoms. The summed E-state index contributed by atoms with van der Waals surface area (Å²) in [4.78, 5) is 0. The van der Waals surface area contributed by atoms with E-state index in [1.165, 1.54) is 45.6 Å². The van der Waals surface area contributed by atoms with Gasteiger partial charge in [0.25, 0.3) is 16.1 Å². The fourth-order valence-electron chi connectivity index (χ4n) is 1.14. The molecule has 0 N–H and O–H groups in total. The third kappa shape index (κ3) is 22.7. The molecular formula is C10H22B2O2. The van der Waals surface area contributed by atoms with Gasteiger partial charge in [0.15, 0.2) is 0 Å². The second-order valence-corrected chi connectivity index (χ2v) is 3.23. The van der Waals surface area contributed by atoms with Crippen molar-refractivity contribution in [3.63, 3.8) is 0 Å². The second-order valence-electron chi connectivity index (χ2n) is 3.23. The van der Waals surface area contributed by atoms with Crippen LogP contribution in [0.25, 0.3) is 0 Å². The molecule has 4 radical (unpaired) electrons. The van der Waals surface area contributed by atoms with Gasteiger partial charge in [0.1, 0.15) is 0 Å². The van der Waals surface area contributed by atoms with E-state index in [1.807, 2.05) is 0 Å². The normalized spacial score (nSPS) is 9.29. The second kappa shape index (κ2) is 18.8. The average molecular weight is 196 g/mol. The quantitative estimate of drug-likeness (QED) is 0.438. The van der Waals surface area contributed by atoms with Crippen molar-refractivity contribution in [2.75, 3.05) is 13.7 Å². The van der Waals surface area contributed by atoms with Crippen LogP contribution in [0.5, 0.6) is 0 Å². The van der Waals surface area contributed by atoms with Crippen LogP contribution in [0.4, 0.5) is 0 Å². The molecule has 0 aliphatic rings. The first kappa shape index (κ1) is 16.5. The summed E-state index contributed by atoms with van der Waals surface area (Å²) in [6.45, 7) is 2.95. The molecule has 4 heteroatoms. The molecule has 0 heterocycles. The highest BCUT2D eigenvalue weighted by molar-refractivity contribution is 5.98. The van der Waals surface area contributed by atoms with Crippen LogP contribution in [0, 0.1) is 0 Å². The lowest BCUT2D eigenvalue weighted by atomic mass is 10.1. The Labute approximate surface area is 91.6 Å². The molecule has 0 atom stereocenters. The molecule has 0 rings (SSSR count). The summed E-state index contributed by atoms with van der Waals surface area (Å²) in [6, 6.07) is 0. The highest BCUT2D eigenvalue weighted by atomic mass is 16.4. The van der Waals surface area contributed by atoms with Gasteiger partial charge in [-0.1, -0.05) is 45.4 Å². The third-order valence-corrected chi connectivity index (χ3v) is 1.87. The molecule has 0 spiro atoms. The Bertz CT molecular complexity index is 74.5. The van der Waals surface area contributed by atoms with Crippen molar-refractivity contribution < 1.29 is 9.31 Å². The van der Waals surface area contributed by atoms with E-state index in [9.17, 15) is 0 Å². The summed E-state index contributed by atoms with van der Waals surface area (Å²) in [5.74, 6) is 0. The van der Waals surface area contributed by atoms with Crippen LogP contribution >= 0.6 is 0 Å². The minimum Gasteiger partial charge on any atom is -0.450 e. The first-order valence-electron chi connectivity index (χ1n) is 5.38. The minimum absolute atomic E-state index is 0.716. The summed E-state index contributed by atoms with van der Waals surface area (Å²) >= 11 is 0. The van der Waals surface area contributed by atoms with Crippen molar-refractivity contribution >= 4 is 16.1 Å². The highest BCUT2D eigenvalue weighted by Crippen LogP contribution is 2.06. The van der Waals surface area contributed by atoms with Gasteiger partial charge in [0.2, 0.25) is 0 Å². The maximum Gasteiger partial charge on any atom is 0.282 e. The summed E-state index contributed by atoms with van der Waals surface area (Å²) < 4.78 is 8.22. The van der Waals surface area contributed by atoms with Crippen molar-refractivity contribution in [2.24, 2.45) is 0 Å². The summed E-state index contributed by atoms with van der Waals surface area (Å²) in [6.07, 6.45) is 9.19. The summed E-state index contributed by atoms with van der Waals surface area (Å²) in [7, 11) is 10.6. The van der Waals surface area contributed by atoms with Crippen molar-refractivity contribution in [3.05, 3.63) is 0 Å². The van der Waals surface area contributed by atoms with Crippen LogP contribution < -0.4 is 0 Å². The smallest absolute Gasteiger partial charge is 0.282 e. The monoisotopic (exact) mass is 196 g/mol. The topological polar surface area (TPSA) is 18.5 Å². The summed E-state index contributed by atoms with van der Waals surface area (Å²) in [5.41, 5.74) is 0. The van der Waals surface area contributed by atoms with Gasteiger partial charge in [-0.25, -0.2) is 0 Å². The molecule has 0 fully saturated rings. The molecule has 0 amide bonds. The van der Waals surface area contributed by atoms with Gasteiger partial charge < -0.3 is 9.31 Å². The molecule has 2 nitrogen and oxygen atoms in total. The van der Waals surface area contributed by atoms with Gasteiger partial charge in [-0.3, -0.25) is 0 Å². The lowest BCUT2D eigenvalue weighted by Crippen LogP contribution is -1.89. The maximum atomic E-state index is 4.89. The van der Waals surface area contributed by atoms with E-state index in [1.54, 1.807) is 0 Å². The van der Waals surface area contributed by atoms with Crippen molar-refractivity contribution in [1.29, 1.82) is 0 Å². The molecule has 0 aliphatic carbocycles. The van der Waals surface area contributed by atoms with E-state index in [2.05, 4.69) is 24.3 Å². The molecule has 0 bridgehead atoms. The lowest BCUT2D eigenvalue weighted by Gasteiger charge is -1.99. The predicted octanol–water partition coefficient (Wildman–Crippen LogP) is 2.55. The zero-order chi connectivity index (χ0) is 11.1. The molecule has 0 saturated heterocycles. The molecule has 0 unspecified atom stereocenters. The number of hydrogen-bond acceptors (Lipinski definition) is 2. The highest BCUT2D eigenvalue weighted by Gasteiger charge is 1.88. The average Bonchev–Trinajstić information content (AvgIpc) is 2.18. The molecule has 80 valence electrons. The van der Waals surface area contributed by atoms with Gasteiger partial charge in [0.05, 0.1) is 0 Å². The Morgan fingerprint density at radius 1 is 0.857 bits per heavy atom. The van der Waals surface area contributed by atoms with E-state index in [-0.39, 0.29) is 0 Å². The van der Waals surface area contributed by atoms with Gasteiger partial charge in [-0.15, -0.1) is 0 Å². The summed E-state index contributed by atoms with van der Waals surface area (Å²) in [5, 5.41) is 0. The van der Waals surface area contributed by atoms with E-state index < -0.39 is 0 Å². The lowest BCUT2D eigenvalue weighted by molar-refractivity contribution is 0.332. The van der Waals surface area contributed by atoms with Crippen LogP contribution in [0.15, 0.2) is 0 Å². The third-order valence-electron chi connectivity index (χ3n) is 1.87. The Kier molecular flexibility index (Phi) is 22.1. The molecule has 0 aromatic carbocycles. The molecule has 0 aromatic rings. The number of unbranched alkanes of at least 4 members (excludes halogenated alkanes) is 6.